The van der Waals surface area contributed by atoms with Crippen LogP contribution in [0.25, 0.3) is 0 Å². The highest BCUT2D eigenvalue weighted by atomic mass is 16.5. The lowest BCUT2D eigenvalue weighted by Crippen LogP contribution is -2.40. The molecular weight excluding hydrogens is 358 g/mol. The first kappa shape index (κ1) is 19.0. The quantitative estimate of drug-likeness (QED) is 0.712. The van der Waals surface area contributed by atoms with E-state index < -0.39 is 0 Å². The van der Waals surface area contributed by atoms with Crippen molar-refractivity contribution in [3.8, 4) is 0 Å². The van der Waals surface area contributed by atoms with Gasteiger partial charge in [0, 0.05) is 38.8 Å². The molecule has 2 aliphatic heterocycles. The van der Waals surface area contributed by atoms with Crippen molar-refractivity contribution >= 4 is 5.91 Å². The van der Waals surface area contributed by atoms with E-state index in [0.717, 1.165) is 52.4 Å². The van der Waals surface area contributed by atoms with Crippen molar-refractivity contribution in [3.05, 3.63) is 41.7 Å². The maximum atomic E-state index is 12.5. The first-order chi connectivity index (χ1) is 13.8. The monoisotopic (exact) mass is 385 g/mol. The maximum Gasteiger partial charge on any atom is 0.242 e. The van der Waals surface area contributed by atoms with Crippen LogP contribution >= 0.6 is 0 Å². The van der Waals surface area contributed by atoms with Gasteiger partial charge in [0.05, 0.1) is 19.8 Å². The Morgan fingerprint density at radius 2 is 1.93 bits per heavy atom. The van der Waals surface area contributed by atoms with Crippen LogP contribution in [-0.4, -0.2) is 81.3 Å². The number of tetrazole rings is 1. The summed E-state index contributed by atoms with van der Waals surface area (Å²) in [5.41, 5.74) is 1.30. The molecule has 3 heterocycles. The van der Waals surface area contributed by atoms with E-state index in [9.17, 15) is 4.79 Å². The van der Waals surface area contributed by atoms with Crippen LogP contribution in [0, 0.1) is 0 Å². The van der Waals surface area contributed by atoms with Crippen molar-refractivity contribution in [2.75, 3.05) is 39.4 Å². The third-order valence-corrected chi connectivity index (χ3v) is 5.25. The number of aromatic nitrogens is 4. The molecule has 0 bridgehead atoms. The van der Waals surface area contributed by atoms with Crippen LogP contribution in [0.1, 0.15) is 17.8 Å². The fourth-order valence-corrected chi connectivity index (χ4v) is 3.76. The van der Waals surface area contributed by atoms with Gasteiger partial charge < -0.3 is 10.1 Å². The molecule has 1 N–H and O–H groups in total. The number of carbonyl (C=O) groups excluding carboxylic acids is 1. The average molecular weight is 385 g/mol. The number of rotatable bonds is 7. The lowest BCUT2D eigenvalue weighted by atomic mass is 10.2. The Bertz CT molecular complexity index is 761. The van der Waals surface area contributed by atoms with E-state index >= 15 is 0 Å². The second-order valence-electron chi connectivity index (χ2n) is 7.42. The Balaban J connectivity index is 1.24. The van der Waals surface area contributed by atoms with Gasteiger partial charge >= 0.3 is 0 Å². The Morgan fingerprint density at radius 1 is 1.11 bits per heavy atom. The van der Waals surface area contributed by atoms with Gasteiger partial charge in [0.2, 0.25) is 5.91 Å². The van der Waals surface area contributed by atoms with E-state index in [2.05, 4.69) is 54.9 Å². The van der Waals surface area contributed by atoms with Crippen molar-refractivity contribution in [2.24, 2.45) is 0 Å². The van der Waals surface area contributed by atoms with E-state index in [1.54, 1.807) is 4.68 Å². The summed E-state index contributed by atoms with van der Waals surface area (Å²) in [7, 11) is 0. The molecular formula is C19H27N7O2. The summed E-state index contributed by atoms with van der Waals surface area (Å²) in [6.07, 6.45) is 0.967. The number of nitrogens with zero attached hydrogens (tertiary/aromatic N) is 6. The van der Waals surface area contributed by atoms with Gasteiger partial charge in [-0.05, 0) is 22.4 Å². The van der Waals surface area contributed by atoms with Crippen LogP contribution in [0.5, 0.6) is 0 Å². The van der Waals surface area contributed by atoms with Crippen molar-refractivity contribution < 1.29 is 9.53 Å². The Labute approximate surface area is 164 Å². The summed E-state index contributed by atoms with van der Waals surface area (Å²) in [4.78, 5) is 17.1. The zero-order valence-electron chi connectivity index (χ0n) is 16.0. The Kier molecular flexibility index (Phi) is 6.25. The van der Waals surface area contributed by atoms with Crippen LogP contribution in [-0.2, 0) is 29.2 Å². The summed E-state index contributed by atoms with van der Waals surface area (Å²) < 4.78 is 6.96. The van der Waals surface area contributed by atoms with Crippen molar-refractivity contribution in [2.45, 2.75) is 32.1 Å². The van der Waals surface area contributed by atoms with Gasteiger partial charge in [-0.3, -0.25) is 14.6 Å². The highest BCUT2D eigenvalue weighted by molar-refractivity contribution is 5.76. The topological polar surface area (TPSA) is 88.4 Å². The molecule has 0 spiro atoms. The largest absolute Gasteiger partial charge is 0.379 e. The standard InChI is InChI=1S/C19H27N7O2/c27-19(15-26-18(21-22-23-26)14-24-8-10-28-11-9-24)20-17-6-7-25(13-17)12-16-4-2-1-3-5-16/h1-5,17H,6-15H2,(H,20,27). The zero-order chi connectivity index (χ0) is 19.2. The fraction of sp³-hybridized carbons (Fsp3) is 0.579. The Morgan fingerprint density at radius 3 is 2.75 bits per heavy atom. The zero-order valence-corrected chi connectivity index (χ0v) is 16.0. The van der Waals surface area contributed by atoms with Crippen LogP contribution < -0.4 is 5.32 Å². The SMILES string of the molecule is O=C(Cn1nnnc1CN1CCOCC1)NC1CCN(Cc2ccccc2)C1. The minimum atomic E-state index is -0.0397. The molecule has 150 valence electrons. The van der Waals surface area contributed by atoms with Crippen LogP contribution in [0.3, 0.4) is 0 Å². The summed E-state index contributed by atoms with van der Waals surface area (Å²) in [5.74, 6) is 0.677. The number of hydrogen-bond donors (Lipinski definition) is 1. The van der Waals surface area contributed by atoms with E-state index in [1.165, 1.54) is 5.56 Å². The first-order valence-corrected chi connectivity index (χ1v) is 9.87. The number of amides is 1. The molecule has 28 heavy (non-hydrogen) atoms. The molecule has 1 amide bonds. The molecule has 4 rings (SSSR count). The number of nitrogens with one attached hydrogen (secondary N) is 1. The van der Waals surface area contributed by atoms with Gasteiger partial charge in [0.15, 0.2) is 5.82 Å². The van der Waals surface area contributed by atoms with Crippen molar-refractivity contribution in [1.82, 2.24) is 35.3 Å². The van der Waals surface area contributed by atoms with Gasteiger partial charge in [-0.1, -0.05) is 30.3 Å². The average Bonchev–Trinajstić information content (AvgIpc) is 3.33. The van der Waals surface area contributed by atoms with E-state index in [0.29, 0.717) is 12.4 Å². The number of morpholine rings is 1. The van der Waals surface area contributed by atoms with Gasteiger partial charge in [0.1, 0.15) is 6.54 Å². The smallest absolute Gasteiger partial charge is 0.242 e. The number of hydrogen-bond acceptors (Lipinski definition) is 7. The predicted molar refractivity (Wildman–Crippen MR) is 102 cm³/mol. The van der Waals surface area contributed by atoms with Crippen LogP contribution in [0.4, 0.5) is 0 Å². The normalized spacial score (nSPS) is 21.1. The first-order valence-electron chi connectivity index (χ1n) is 9.87. The molecule has 2 fully saturated rings. The second-order valence-corrected chi connectivity index (χ2v) is 7.42. The predicted octanol–water partition coefficient (Wildman–Crippen LogP) is -0.104. The molecule has 1 aromatic carbocycles. The number of ether oxygens (including phenoxy) is 1. The van der Waals surface area contributed by atoms with Gasteiger partial charge in [-0.25, -0.2) is 4.68 Å². The fourth-order valence-electron chi connectivity index (χ4n) is 3.76. The van der Waals surface area contributed by atoms with E-state index in [4.69, 9.17) is 4.74 Å². The van der Waals surface area contributed by atoms with Crippen molar-refractivity contribution in [3.63, 3.8) is 0 Å². The van der Waals surface area contributed by atoms with Crippen molar-refractivity contribution in [1.29, 1.82) is 0 Å². The number of carbonyl (C=O) groups is 1. The minimum absolute atomic E-state index is 0.0397. The Hall–Kier alpha value is -2.36. The molecule has 2 aromatic rings. The summed E-state index contributed by atoms with van der Waals surface area (Å²) >= 11 is 0. The highest BCUT2D eigenvalue weighted by Gasteiger charge is 2.24. The molecule has 9 nitrogen and oxygen atoms in total. The molecule has 0 radical (unpaired) electrons. The van der Waals surface area contributed by atoms with E-state index in [-0.39, 0.29) is 18.5 Å². The van der Waals surface area contributed by atoms with Gasteiger partial charge in [-0.15, -0.1) is 5.10 Å². The molecule has 2 saturated heterocycles. The van der Waals surface area contributed by atoms with Gasteiger partial charge in [-0.2, -0.15) is 0 Å². The molecule has 9 heteroatoms. The lowest BCUT2D eigenvalue weighted by Gasteiger charge is -2.25. The molecule has 1 atom stereocenters. The highest BCUT2D eigenvalue weighted by Crippen LogP contribution is 2.13. The molecule has 0 saturated carbocycles. The molecule has 0 aliphatic carbocycles. The van der Waals surface area contributed by atoms with Crippen LogP contribution in [0.2, 0.25) is 0 Å². The number of benzene rings is 1. The third-order valence-electron chi connectivity index (χ3n) is 5.25. The third kappa shape index (κ3) is 5.12. The lowest BCUT2D eigenvalue weighted by molar-refractivity contribution is -0.122. The summed E-state index contributed by atoms with van der Waals surface area (Å²) in [5, 5.41) is 15.0. The number of likely N-dealkylation sites (tertiary alicyclic amines) is 1. The van der Waals surface area contributed by atoms with Crippen LogP contribution in [0.15, 0.2) is 30.3 Å². The summed E-state index contributed by atoms with van der Waals surface area (Å²) in [6, 6.07) is 10.6. The molecule has 2 aliphatic rings. The second kappa shape index (κ2) is 9.22. The maximum absolute atomic E-state index is 12.5. The van der Waals surface area contributed by atoms with Gasteiger partial charge in [0.25, 0.3) is 0 Å². The molecule has 1 aromatic heterocycles. The van der Waals surface area contributed by atoms with E-state index in [1.807, 2.05) is 6.07 Å². The molecule has 1 unspecified atom stereocenters. The summed E-state index contributed by atoms with van der Waals surface area (Å²) in [6.45, 7) is 6.75. The minimum Gasteiger partial charge on any atom is -0.379 e.